The lowest BCUT2D eigenvalue weighted by molar-refractivity contribution is -0.151. The first-order valence-electron chi connectivity index (χ1n) is 7.31. The van der Waals surface area contributed by atoms with Gasteiger partial charge in [0.05, 0.1) is 12.5 Å². The van der Waals surface area contributed by atoms with Crippen LogP contribution in [0.25, 0.3) is 0 Å². The van der Waals surface area contributed by atoms with Crippen molar-refractivity contribution in [2.75, 3.05) is 6.61 Å². The normalized spacial score (nSPS) is 39.6. The summed E-state index contributed by atoms with van der Waals surface area (Å²) in [5, 5.41) is 0. The fourth-order valence-electron chi connectivity index (χ4n) is 3.84. The van der Waals surface area contributed by atoms with Gasteiger partial charge in [0, 0.05) is 0 Å². The second-order valence-corrected chi connectivity index (χ2v) is 6.09. The van der Waals surface area contributed by atoms with Crippen molar-refractivity contribution >= 4 is 5.97 Å². The highest BCUT2D eigenvalue weighted by Gasteiger charge is 2.51. The van der Waals surface area contributed by atoms with Gasteiger partial charge in [0.2, 0.25) is 0 Å². The van der Waals surface area contributed by atoms with Gasteiger partial charge in [0.1, 0.15) is 0 Å². The van der Waals surface area contributed by atoms with Crippen molar-refractivity contribution in [1.29, 1.82) is 0 Å². The third kappa shape index (κ3) is 2.51. The van der Waals surface area contributed by atoms with E-state index in [0.29, 0.717) is 18.4 Å². The quantitative estimate of drug-likeness (QED) is 0.540. The predicted octanol–water partition coefficient (Wildman–Crippen LogP) is 3.65. The summed E-state index contributed by atoms with van der Waals surface area (Å²) in [7, 11) is 0. The summed E-state index contributed by atoms with van der Waals surface area (Å²) in [6.45, 7) is 7.45. The number of rotatable bonds is 5. The van der Waals surface area contributed by atoms with E-state index < -0.39 is 0 Å². The van der Waals surface area contributed by atoms with Crippen LogP contribution in [0.15, 0.2) is 0 Å². The molecule has 0 saturated heterocycles. The minimum atomic E-state index is 0.0901. The molecule has 0 amide bonds. The van der Waals surface area contributed by atoms with E-state index in [1.807, 2.05) is 0 Å². The van der Waals surface area contributed by atoms with Crippen molar-refractivity contribution in [1.82, 2.24) is 0 Å². The molecule has 2 aliphatic rings. The molecule has 0 aromatic rings. The Morgan fingerprint density at radius 1 is 1.18 bits per heavy atom. The Morgan fingerprint density at radius 2 is 1.94 bits per heavy atom. The third-order valence-corrected chi connectivity index (χ3v) is 5.19. The van der Waals surface area contributed by atoms with Gasteiger partial charge in [-0.2, -0.15) is 0 Å². The van der Waals surface area contributed by atoms with Crippen LogP contribution in [0.3, 0.4) is 0 Å². The molecule has 5 unspecified atom stereocenters. The maximum absolute atomic E-state index is 12.0. The monoisotopic (exact) mass is 238 g/mol. The summed E-state index contributed by atoms with van der Waals surface area (Å²) in [5.74, 6) is 3.21. The van der Waals surface area contributed by atoms with Crippen LogP contribution in [-0.2, 0) is 9.53 Å². The fraction of sp³-hybridized carbons (Fsp3) is 0.933. The van der Waals surface area contributed by atoms with E-state index in [4.69, 9.17) is 4.74 Å². The average molecular weight is 238 g/mol. The Kier molecular flexibility index (Phi) is 4.11. The smallest absolute Gasteiger partial charge is 0.309 e. The highest BCUT2D eigenvalue weighted by atomic mass is 16.5. The number of carbonyl (C=O) groups is 1. The van der Waals surface area contributed by atoms with Crippen LogP contribution in [0, 0.1) is 29.6 Å². The molecule has 17 heavy (non-hydrogen) atoms. The lowest BCUT2D eigenvalue weighted by Gasteiger charge is -2.30. The van der Waals surface area contributed by atoms with Crippen molar-refractivity contribution in [3.05, 3.63) is 0 Å². The zero-order valence-corrected chi connectivity index (χ0v) is 11.4. The van der Waals surface area contributed by atoms with Crippen LogP contribution in [0.2, 0.25) is 0 Å². The molecule has 2 nitrogen and oxygen atoms in total. The number of esters is 1. The lowest BCUT2D eigenvalue weighted by Crippen LogP contribution is -2.31. The van der Waals surface area contributed by atoms with Crippen LogP contribution in [0.4, 0.5) is 0 Å². The molecule has 2 rings (SSSR count). The molecular formula is C15H26O2. The number of hydrogen-bond acceptors (Lipinski definition) is 2. The molecule has 0 heterocycles. The number of unbranched alkanes of at least 4 members (excludes halogenated alkanes) is 2. The van der Waals surface area contributed by atoms with E-state index in [1.54, 1.807) is 0 Å². The number of carbonyl (C=O) groups excluding carboxylic acids is 1. The Bertz CT molecular complexity index is 272. The summed E-state index contributed by atoms with van der Waals surface area (Å²) in [6, 6.07) is 0. The van der Waals surface area contributed by atoms with Gasteiger partial charge in [-0.1, -0.05) is 33.6 Å². The maximum atomic E-state index is 12.0. The molecule has 2 fully saturated rings. The molecule has 98 valence electrons. The lowest BCUT2D eigenvalue weighted by atomic mass is 9.76. The molecule has 2 aliphatic carbocycles. The minimum Gasteiger partial charge on any atom is -0.465 e. The molecule has 2 heteroatoms. The number of hydrogen-bond donors (Lipinski definition) is 0. The predicted molar refractivity (Wildman–Crippen MR) is 68.5 cm³/mol. The zero-order valence-electron chi connectivity index (χ0n) is 11.4. The summed E-state index contributed by atoms with van der Waals surface area (Å²) >= 11 is 0. The summed E-state index contributed by atoms with van der Waals surface area (Å²) in [6.07, 6.45) is 5.71. The van der Waals surface area contributed by atoms with Gasteiger partial charge in [0.15, 0.2) is 0 Å². The van der Waals surface area contributed by atoms with Gasteiger partial charge in [-0.3, -0.25) is 4.79 Å². The van der Waals surface area contributed by atoms with E-state index in [9.17, 15) is 4.79 Å². The number of fused-ring (bicyclic) bond motifs is 2. The molecule has 5 atom stereocenters. The minimum absolute atomic E-state index is 0.0901. The van der Waals surface area contributed by atoms with Gasteiger partial charge in [0.25, 0.3) is 0 Å². The van der Waals surface area contributed by atoms with Crippen LogP contribution in [0.1, 0.15) is 52.9 Å². The van der Waals surface area contributed by atoms with Gasteiger partial charge in [-0.05, 0) is 42.9 Å². The molecule has 0 spiro atoms. The van der Waals surface area contributed by atoms with Gasteiger partial charge in [-0.25, -0.2) is 0 Å². The summed E-state index contributed by atoms with van der Waals surface area (Å²) in [5.41, 5.74) is 0. The van der Waals surface area contributed by atoms with Gasteiger partial charge in [-0.15, -0.1) is 0 Å². The highest BCUT2D eigenvalue weighted by Crippen LogP contribution is 2.55. The molecule has 0 N–H and O–H groups in total. The van der Waals surface area contributed by atoms with E-state index in [2.05, 4.69) is 20.8 Å². The van der Waals surface area contributed by atoms with Crippen molar-refractivity contribution < 1.29 is 9.53 Å². The molecule has 0 radical (unpaired) electrons. The van der Waals surface area contributed by atoms with Crippen LogP contribution in [0.5, 0.6) is 0 Å². The zero-order chi connectivity index (χ0) is 12.4. The largest absolute Gasteiger partial charge is 0.465 e. The van der Waals surface area contributed by atoms with Gasteiger partial charge < -0.3 is 4.74 Å². The van der Waals surface area contributed by atoms with Gasteiger partial charge >= 0.3 is 5.97 Å². The second kappa shape index (κ2) is 5.41. The van der Waals surface area contributed by atoms with Crippen molar-refractivity contribution in [2.24, 2.45) is 29.6 Å². The van der Waals surface area contributed by atoms with Crippen molar-refractivity contribution in [2.45, 2.75) is 52.9 Å². The van der Waals surface area contributed by atoms with Crippen LogP contribution >= 0.6 is 0 Å². The molecule has 2 bridgehead atoms. The standard InChI is InChI=1S/C15H26O2/c1-4-5-6-7-17-15(16)14-9-12-8-13(14)11(3)10(12)2/h10-14H,4-9H2,1-3H3. The van der Waals surface area contributed by atoms with Crippen molar-refractivity contribution in [3.63, 3.8) is 0 Å². The first kappa shape index (κ1) is 12.9. The van der Waals surface area contributed by atoms with Crippen LogP contribution < -0.4 is 0 Å². The maximum Gasteiger partial charge on any atom is 0.309 e. The molecule has 2 saturated carbocycles. The Labute approximate surface area is 105 Å². The highest BCUT2D eigenvalue weighted by molar-refractivity contribution is 5.73. The molecular weight excluding hydrogens is 212 g/mol. The Morgan fingerprint density at radius 3 is 2.53 bits per heavy atom. The first-order chi connectivity index (χ1) is 8.15. The topological polar surface area (TPSA) is 26.3 Å². The van der Waals surface area contributed by atoms with E-state index in [-0.39, 0.29) is 11.9 Å². The molecule has 0 aliphatic heterocycles. The Hall–Kier alpha value is -0.530. The first-order valence-corrected chi connectivity index (χ1v) is 7.31. The average Bonchev–Trinajstić information content (AvgIpc) is 2.86. The fourth-order valence-corrected chi connectivity index (χ4v) is 3.84. The molecule has 0 aromatic carbocycles. The summed E-state index contributed by atoms with van der Waals surface area (Å²) < 4.78 is 5.43. The third-order valence-electron chi connectivity index (χ3n) is 5.19. The van der Waals surface area contributed by atoms with E-state index in [0.717, 1.165) is 31.1 Å². The summed E-state index contributed by atoms with van der Waals surface area (Å²) in [4.78, 5) is 12.0. The number of ether oxygens (including phenoxy) is 1. The molecule has 0 aromatic heterocycles. The van der Waals surface area contributed by atoms with Crippen molar-refractivity contribution in [3.8, 4) is 0 Å². The SMILES string of the molecule is CCCCCOC(=O)C1CC2CC1C(C)C2C. The van der Waals surface area contributed by atoms with Crippen LogP contribution in [-0.4, -0.2) is 12.6 Å². The Balaban J connectivity index is 1.78. The van der Waals surface area contributed by atoms with E-state index in [1.165, 1.54) is 12.8 Å². The van der Waals surface area contributed by atoms with E-state index >= 15 is 0 Å². The second-order valence-electron chi connectivity index (χ2n) is 6.09.